The molecule has 0 bridgehead atoms. The molecule has 2 aromatic rings. The van der Waals surface area contributed by atoms with E-state index < -0.39 is 6.10 Å². The molecule has 0 fully saturated rings. The van der Waals surface area contributed by atoms with Crippen molar-refractivity contribution in [3.63, 3.8) is 0 Å². The standard InChI is InChI=1S/C17H18FNO4/c1-21-15-5-11(6-16-17(15)23-10-22-16)8-19-9-14(20)12-3-2-4-13(18)7-12/h2-7,14,19-20H,8-10H2,1H3. The van der Waals surface area contributed by atoms with Crippen LogP contribution in [-0.4, -0.2) is 25.6 Å². The fraction of sp³-hybridized carbons (Fsp3) is 0.294. The molecule has 1 heterocycles. The molecule has 0 amide bonds. The summed E-state index contributed by atoms with van der Waals surface area (Å²) >= 11 is 0. The first-order valence-corrected chi connectivity index (χ1v) is 7.28. The number of methoxy groups -OCH3 is 1. The van der Waals surface area contributed by atoms with E-state index in [1.165, 1.54) is 12.1 Å². The van der Waals surface area contributed by atoms with Crippen LogP contribution in [0.4, 0.5) is 4.39 Å². The molecule has 1 aliphatic rings. The molecule has 1 atom stereocenters. The highest BCUT2D eigenvalue weighted by molar-refractivity contribution is 5.55. The minimum Gasteiger partial charge on any atom is -0.493 e. The summed E-state index contributed by atoms with van der Waals surface area (Å²) in [7, 11) is 1.57. The van der Waals surface area contributed by atoms with Crippen LogP contribution in [0.1, 0.15) is 17.2 Å². The van der Waals surface area contributed by atoms with E-state index in [1.54, 1.807) is 19.2 Å². The van der Waals surface area contributed by atoms with E-state index in [0.29, 0.717) is 35.9 Å². The number of hydrogen-bond donors (Lipinski definition) is 2. The van der Waals surface area contributed by atoms with Crippen LogP contribution in [0.3, 0.4) is 0 Å². The lowest BCUT2D eigenvalue weighted by molar-refractivity contribution is 0.171. The third kappa shape index (κ3) is 3.55. The predicted octanol–water partition coefficient (Wildman–Crippen LogP) is 2.39. The zero-order valence-electron chi connectivity index (χ0n) is 12.7. The Bertz CT molecular complexity index is 692. The largest absolute Gasteiger partial charge is 0.493 e. The topological polar surface area (TPSA) is 60.0 Å². The molecule has 2 N–H and O–H groups in total. The molecule has 0 spiro atoms. The van der Waals surface area contributed by atoms with Crippen molar-refractivity contribution >= 4 is 0 Å². The lowest BCUT2D eigenvalue weighted by atomic mass is 10.1. The molecule has 2 aromatic carbocycles. The summed E-state index contributed by atoms with van der Waals surface area (Å²) in [6.07, 6.45) is -0.776. The Labute approximate surface area is 133 Å². The first-order chi connectivity index (χ1) is 11.2. The second-order valence-corrected chi connectivity index (χ2v) is 5.23. The number of aliphatic hydroxyl groups is 1. The van der Waals surface area contributed by atoms with Crippen molar-refractivity contribution < 1.29 is 23.7 Å². The highest BCUT2D eigenvalue weighted by Crippen LogP contribution is 2.41. The number of halogens is 1. The first kappa shape index (κ1) is 15.6. The lowest BCUT2D eigenvalue weighted by Gasteiger charge is -2.13. The van der Waals surface area contributed by atoms with Crippen LogP contribution in [0.5, 0.6) is 17.2 Å². The van der Waals surface area contributed by atoms with Gasteiger partial charge >= 0.3 is 0 Å². The summed E-state index contributed by atoms with van der Waals surface area (Å²) in [5.74, 6) is 1.51. The number of aliphatic hydroxyl groups excluding tert-OH is 1. The number of hydrogen-bond acceptors (Lipinski definition) is 5. The predicted molar refractivity (Wildman–Crippen MR) is 82.2 cm³/mol. The summed E-state index contributed by atoms with van der Waals surface area (Å²) in [6.45, 7) is 1.00. The molecular weight excluding hydrogens is 301 g/mol. The Kier molecular flexibility index (Phi) is 4.64. The molecule has 122 valence electrons. The molecule has 1 unspecified atom stereocenters. The fourth-order valence-corrected chi connectivity index (χ4v) is 2.47. The van der Waals surface area contributed by atoms with Crippen LogP contribution in [0, 0.1) is 5.82 Å². The third-order valence-corrected chi connectivity index (χ3v) is 3.62. The Balaban J connectivity index is 1.61. The van der Waals surface area contributed by atoms with E-state index in [2.05, 4.69) is 5.32 Å². The SMILES string of the molecule is COc1cc(CNCC(O)c2cccc(F)c2)cc2c1OCO2. The normalized spacial score (nSPS) is 13.9. The van der Waals surface area contributed by atoms with Crippen LogP contribution in [0.2, 0.25) is 0 Å². The smallest absolute Gasteiger partial charge is 0.231 e. The second kappa shape index (κ2) is 6.85. The first-order valence-electron chi connectivity index (χ1n) is 7.28. The van der Waals surface area contributed by atoms with E-state index in [-0.39, 0.29) is 12.6 Å². The van der Waals surface area contributed by atoms with Crippen molar-refractivity contribution in [3.05, 3.63) is 53.3 Å². The summed E-state index contributed by atoms with van der Waals surface area (Å²) in [6, 6.07) is 9.68. The van der Waals surface area contributed by atoms with Crippen molar-refractivity contribution in [1.82, 2.24) is 5.32 Å². The maximum atomic E-state index is 13.2. The van der Waals surface area contributed by atoms with Gasteiger partial charge in [-0.2, -0.15) is 0 Å². The van der Waals surface area contributed by atoms with Crippen molar-refractivity contribution in [2.75, 3.05) is 20.4 Å². The zero-order valence-corrected chi connectivity index (χ0v) is 12.7. The molecule has 0 saturated carbocycles. The Hall–Kier alpha value is -2.31. The van der Waals surface area contributed by atoms with Gasteiger partial charge in [-0.15, -0.1) is 0 Å². The van der Waals surface area contributed by atoms with Gasteiger partial charge in [-0.05, 0) is 35.4 Å². The van der Waals surface area contributed by atoms with Crippen molar-refractivity contribution in [3.8, 4) is 17.2 Å². The van der Waals surface area contributed by atoms with Gasteiger partial charge < -0.3 is 24.6 Å². The van der Waals surface area contributed by atoms with E-state index >= 15 is 0 Å². The summed E-state index contributed by atoms with van der Waals surface area (Å²) in [5.41, 5.74) is 1.48. The highest BCUT2D eigenvalue weighted by atomic mass is 19.1. The van der Waals surface area contributed by atoms with E-state index in [9.17, 15) is 9.50 Å². The monoisotopic (exact) mass is 319 g/mol. The Morgan fingerprint density at radius 3 is 2.96 bits per heavy atom. The van der Waals surface area contributed by atoms with Gasteiger partial charge in [0.15, 0.2) is 11.5 Å². The van der Waals surface area contributed by atoms with Gasteiger partial charge in [0.2, 0.25) is 12.5 Å². The average molecular weight is 319 g/mol. The van der Waals surface area contributed by atoms with Gasteiger partial charge in [0.05, 0.1) is 13.2 Å². The van der Waals surface area contributed by atoms with Crippen LogP contribution in [0.15, 0.2) is 36.4 Å². The van der Waals surface area contributed by atoms with E-state index in [4.69, 9.17) is 14.2 Å². The number of rotatable bonds is 6. The summed E-state index contributed by atoms with van der Waals surface area (Å²) in [4.78, 5) is 0. The molecular formula is C17H18FNO4. The Morgan fingerprint density at radius 1 is 1.30 bits per heavy atom. The van der Waals surface area contributed by atoms with Crippen LogP contribution >= 0.6 is 0 Å². The van der Waals surface area contributed by atoms with Crippen LogP contribution in [-0.2, 0) is 6.54 Å². The van der Waals surface area contributed by atoms with Gasteiger partial charge in [0.25, 0.3) is 0 Å². The molecule has 0 aromatic heterocycles. The minimum atomic E-state index is -0.776. The van der Waals surface area contributed by atoms with Crippen LogP contribution in [0.25, 0.3) is 0 Å². The molecule has 0 aliphatic carbocycles. The van der Waals surface area contributed by atoms with E-state index in [0.717, 1.165) is 5.56 Å². The number of benzene rings is 2. The summed E-state index contributed by atoms with van der Waals surface area (Å²) in [5, 5.41) is 13.2. The van der Waals surface area contributed by atoms with Gasteiger partial charge in [-0.3, -0.25) is 0 Å². The quantitative estimate of drug-likeness (QED) is 0.856. The maximum Gasteiger partial charge on any atom is 0.231 e. The van der Waals surface area contributed by atoms with Crippen molar-refractivity contribution in [1.29, 1.82) is 0 Å². The highest BCUT2D eigenvalue weighted by Gasteiger charge is 2.20. The van der Waals surface area contributed by atoms with Gasteiger partial charge in [-0.1, -0.05) is 12.1 Å². The Morgan fingerprint density at radius 2 is 2.17 bits per heavy atom. The molecule has 0 radical (unpaired) electrons. The molecule has 6 heteroatoms. The number of nitrogens with one attached hydrogen (secondary N) is 1. The molecule has 3 rings (SSSR count). The molecule has 0 saturated heterocycles. The molecule has 5 nitrogen and oxygen atoms in total. The maximum absolute atomic E-state index is 13.2. The van der Waals surface area contributed by atoms with Gasteiger partial charge in [0, 0.05) is 13.1 Å². The van der Waals surface area contributed by atoms with Gasteiger partial charge in [0.1, 0.15) is 5.82 Å². The molecule has 1 aliphatic heterocycles. The minimum absolute atomic E-state index is 0.181. The lowest BCUT2D eigenvalue weighted by Crippen LogP contribution is -2.21. The zero-order chi connectivity index (χ0) is 16.2. The molecule has 23 heavy (non-hydrogen) atoms. The van der Waals surface area contributed by atoms with Gasteiger partial charge in [-0.25, -0.2) is 4.39 Å². The van der Waals surface area contributed by atoms with Crippen molar-refractivity contribution in [2.45, 2.75) is 12.6 Å². The second-order valence-electron chi connectivity index (χ2n) is 5.23. The van der Waals surface area contributed by atoms with Crippen LogP contribution < -0.4 is 19.5 Å². The third-order valence-electron chi connectivity index (χ3n) is 3.62. The van der Waals surface area contributed by atoms with Crippen molar-refractivity contribution in [2.24, 2.45) is 0 Å². The fourth-order valence-electron chi connectivity index (χ4n) is 2.47. The number of ether oxygens (including phenoxy) is 3. The number of fused-ring (bicyclic) bond motifs is 1. The van der Waals surface area contributed by atoms with E-state index in [1.807, 2.05) is 12.1 Å². The average Bonchev–Trinajstić information content (AvgIpc) is 3.02. The summed E-state index contributed by atoms with van der Waals surface area (Å²) < 4.78 is 29.2.